The van der Waals surface area contributed by atoms with Gasteiger partial charge in [0.05, 0.1) is 13.2 Å². The lowest BCUT2D eigenvalue weighted by Gasteiger charge is -2.13. The first kappa shape index (κ1) is 24.0. The summed E-state index contributed by atoms with van der Waals surface area (Å²) in [5.74, 6) is -0.503. The van der Waals surface area contributed by atoms with Gasteiger partial charge in [-0.15, -0.1) is 0 Å². The molecule has 0 unspecified atom stereocenters. The molecular weight excluding hydrogens is 430 g/mol. The quantitative estimate of drug-likeness (QED) is 0.327. The number of benzene rings is 2. The van der Waals surface area contributed by atoms with Gasteiger partial charge in [-0.25, -0.2) is 21.6 Å². The summed E-state index contributed by atoms with van der Waals surface area (Å²) in [5.41, 5.74) is 0.733. The zero-order valence-electron chi connectivity index (χ0n) is 16.5. The first-order valence-corrected chi connectivity index (χ1v) is 12.3. The molecule has 11 heteroatoms. The SMILES string of the molecule is CCCCNC(=O)CNS(=O)(=O)c1ccccc1S(=O)(=O)NOCc1ccccc1. The Balaban J connectivity index is 2.08. The Hall–Kier alpha value is -2.31. The van der Waals surface area contributed by atoms with Crippen LogP contribution >= 0.6 is 0 Å². The van der Waals surface area contributed by atoms with Crippen molar-refractivity contribution in [2.24, 2.45) is 0 Å². The second kappa shape index (κ2) is 11.2. The van der Waals surface area contributed by atoms with E-state index in [1.807, 2.05) is 17.9 Å². The Kier molecular flexibility index (Phi) is 8.93. The van der Waals surface area contributed by atoms with Gasteiger partial charge in [-0.1, -0.05) is 60.7 Å². The zero-order chi connectivity index (χ0) is 22.0. The van der Waals surface area contributed by atoms with Crippen LogP contribution in [0, 0.1) is 0 Å². The Morgan fingerprint density at radius 3 is 2.13 bits per heavy atom. The van der Waals surface area contributed by atoms with Crippen molar-refractivity contribution < 1.29 is 26.5 Å². The predicted octanol–water partition coefficient (Wildman–Crippen LogP) is 1.29. The Morgan fingerprint density at radius 1 is 0.900 bits per heavy atom. The molecular formula is C19H25N3O6S2. The summed E-state index contributed by atoms with van der Waals surface area (Å²) in [6.07, 6.45) is 1.66. The lowest BCUT2D eigenvalue weighted by Crippen LogP contribution is -2.38. The molecule has 0 spiro atoms. The summed E-state index contributed by atoms with van der Waals surface area (Å²) in [7, 11) is -8.55. The Labute approximate surface area is 176 Å². The van der Waals surface area contributed by atoms with E-state index in [1.165, 1.54) is 12.1 Å². The predicted molar refractivity (Wildman–Crippen MR) is 111 cm³/mol. The highest BCUT2D eigenvalue weighted by Crippen LogP contribution is 2.20. The maximum absolute atomic E-state index is 12.6. The van der Waals surface area contributed by atoms with Gasteiger partial charge in [0.25, 0.3) is 10.0 Å². The summed E-state index contributed by atoms with van der Waals surface area (Å²) in [6.45, 7) is 1.86. The second-order valence-corrected chi connectivity index (χ2v) is 9.68. The molecule has 2 aromatic rings. The molecule has 0 aliphatic carbocycles. The molecule has 9 nitrogen and oxygen atoms in total. The van der Waals surface area contributed by atoms with Crippen LogP contribution in [0.25, 0.3) is 0 Å². The van der Waals surface area contributed by atoms with Crippen molar-refractivity contribution in [1.29, 1.82) is 0 Å². The third-order valence-corrected chi connectivity index (χ3v) is 6.81. The van der Waals surface area contributed by atoms with Crippen LogP contribution in [0.1, 0.15) is 25.3 Å². The fourth-order valence-electron chi connectivity index (χ4n) is 2.41. The summed E-state index contributed by atoms with van der Waals surface area (Å²) < 4.78 is 52.5. The van der Waals surface area contributed by atoms with Crippen molar-refractivity contribution in [3.8, 4) is 0 Å². The van der Waals surface area contributed by atoms with Crippen molar-refractivity contribution in [3.05, 3.63) is 60.2 Å². The first-order chi connectivity index (χ1) is 14.3. The van der Waals surface area contributed by atoms with Crippen molar-refractivity contribution in [1.82, 2.24) is 14.9 Å². The number of nitrogens with one attached hydrogen (secondary N) is 3. The van der Waals surface area contributed by atoms with Gasteiger partial charge in [-0.3, -0.25) is 9.63 Å². The fraction of sp³-hybridized carbons (Fsp3) is 0.316. The molecule has 164 valence electrons. The second-order valence-electron chi connectivity index (χ2n) is 6.34. The lowest BCUT2D eigenvalue weighted by molar-refractivity contribution is -0.119. The van der Waals surface area contributed by atoms with E-state index in [2.05, 4.69) is 10.0 Å². The Bertz CT molecular complexity index is 1040. The molecule has 3 N–H and O–H groups in total. The van der Waals surface area contributed by atoms with Crippen LogP contribution in [-0.4, -0.2) is 35.8 Å². The van der Waals surface area contributed by atoms with Crippen molar-refractivity contribution in [2.75, 3.05) is 13.1 Å². The first-order valence-electron chi connectivity index (χ1n) is 9.29. The van der Waals surface area contributed by atoms with Gasteiger partial charge in [-0.2, -0.15) is 0 Å². The van der Waals surface area contributed by atoms with Gasteiger partial charge in [0.1, 0.15) is 9.79 Å². The van der Waals surface area contributed by atoms with E-state index >= 15 is 0 Å². The normalized spacial score (nSPS) is 11.9. The number of sulfonamides is 2. The van der Waals surface area contributed by atoms with Crippen molar-refractivity contribution >= 4 is 26.0 Å². The molecule has 2 rings (SSSR count). The largest absolute Gasteiger partial charge is 0.355 e. The maximum atomic E-state index is 12.6. The molecule has 0 aliphatic rings. The van der Waals surface area contributed by atoms with E-state index in [0.717, 1.165) is 30.5 Å². The van der Waals surface area contributed by atoms with Crippen LogP contribution in [0.2, 0.25) is 0 Å². The highest BCUT2D eigenvalue weighted by molar-refractivity contribution is 7.92. The van der Waals surface area contributed by atoms with E-state index in [4.69, 9.17) is 4.84 Å². The highest BCUT2D eigenvalue weighted by Gasteiger charge is 2.26. The van der Waals surface area contributed by atoms with Crippen LogP contribution in [-0.2, 0) is 36.3 Å². The molecule has 0 bridgehead atoms. The van der Waals surface area contributed by atoms with E-state index in [1.54, 1.807) is 24.3 Å². The van der Waals surface area contributed by atoms with Gasteiger partial charge in [0.2, 0.25) is 15.9 Å². The lowest BCUT2D eigenvalue weighted by atomic mass is 10.2. The van der Waals surface area contributed by atoms with Crippen molar-refractivity contribution in [3.63, 3.8) is 0 Å². The molecule has 0 atom stereocenters. The van der Waals surface area contributed by atoms with E-state index in [9.17, 15) is 21.6 Å². The number of unbranched alkanes of at least 4 members (excludes halogenated alkanes) is 1. The molecule has 0 fully saturated rings. The van der Waals surface area contributed by atoms with Gasteiger partial charge < -0.3 is 5.32 Å². The fourth-order valence-corrected chi connectivity index (χ4v) is 5.03. The van der Waals surface area contributed by atoms with Gasteiger partial charge in [-0.05, 0) is 24.1 Å². The Morgan fingerprint density at radius 2 is 1.50 bits per heavy atom. The zero-order valence-corrected chi connectivity index (χ0v) is 18.1. The molecule has 0 saturated carbocycles. The number of carbonyl (C=O) groups is 1. The third-order valence-electron chi connectivity index (χ3n) is 3.95. The number of carbonyl (C=O) groups excluding carboxylic acids is 1. The smallest absolute Gasteiger partial charge is 0.263 e. The highest BCUT2D eigenvalue weighted by atomic mass is 32.2. The molecule has 0 heterocycles. The summed E-state index contributed by atoms with van der Waals surface area (Å²) in [6, 6.07) is 13.9. The number of hydrogen-bond donors (Lipinski definition) is 3. The van der Waals surface area contributed by atoms with Gasteiger partial charge >= 0.3 is 0 Å². The monoisotopic (exact) mass is 455 g/mol. The van der Waals surface area contributed by atoms with Crippen LogP contribution in [0.3, 0.4) is 0 Å². The number of amides is 1. The number of hydrogen-bond acceptors (Lipinski definition) is 6. The van der Waals surface area contributed by atoms with E-state index < -0.39 is 42.3 Å². The minimum absolute atomic E-state index is 0.0365. The topological polar surface area (TPSA) is 131 Å². The number of rotatable bonds is 12. The maximum Gasteiger partial charge on any atom is 0.263 e. The summed E-state index contributed by atoms with van der Waals surface area (Å²) in [4.78, 5) is 17.8. The van der Waals surface area contributed by atoms with Crippen LogP contribution in [0.4, 0.5) is 0 Å². The molecule has 0 saturated heterocycles. The molecule has 0 aliphatic heterocycles. The molecule has 0 radical (unpaired) electrons. The van der Waals surface area contributed by atoms with E-state index in [-0.39, 0.29) is 6.61 Å². The third kappa shape index (κ3) is 7.18. The van der Waals surface area contributed by atoms with Crippen molar-refractivity contribution in [2.45, 2.75) is 36.2 Å². The minimum Gasteiger partial charge on any atom is -0.355 e. The molecule has 0 aromatic heterocycles. The van der Waals surface area contributed by atoms with E-state index in [0.29, 0.717) is 6.54 Å². The summed E-state index contributed by atoms with van der Waals surface area (Å²) in [5, 5.41) is 2.58. The average Bonchev–Trinajstić information content (AvgIpc) is 2.73. The van der Waals surface area contributed by atoms with Gasteiger partial charge in [0.15, 0.2) is 0 Å². The van der Waals surface area contributed by atoms with Crippen LogP contribution < -0.4 is 14.9 Å². The molecule has 30 heavy (non-hydrogen) atoms. The van der Waals surface area contributed by atoms with Gasteiger partial charge in [0, 0.05) is 6.54 Å². The molecule has 1 amide bonds. The van der Waals surface area contributed by atoms with Crippen LogP contribution in [0.15, 0.2) is 64.4 Å². The average molecular weight is 456 g/mol. The van der Waals surface area contributed by atoms with Crippen LogP contribution in [0.5, 0.6) is 0 Å². The standard InChI is InChI=1S/C19H25N3O6S2/c1-2-3-13-20-19(23)14-21-29(24,25)17-11-7-8-12-18(17)30(26,27)22-28-15-16-9-5-4-6-10-16/h4-12,21-22H,2-3,13-15H2,1H3,(H,20,23). The summed E-state index contributed by atoms with van der Waals surface area (Å²) >= 11 is 0. The minimum atomic E-state index is -4.29. The molecule has 2 aromatic carbocycles.